The van der Waals surface area contributed by atoms with Gasteiger partial charge >= 0.3 is 5.97 Å². The van der Waals surface area contributed by atoms with E-state index in [4.69, 9.17) is 4.42 Å². The summed E-state index contributed by atoms with van der Waals surface area (Å²) in [7, 11) is 2.81. The first-order valence-electron chi connectivity index (χ1n) is 7.44. The second kappa shape index (κ2) is 7.96. The number of furan rings is 1. The van der Waals surface area contributed by atoms with Crippen molar-refractivity contribution in [2.45, 2.75) is 6.92 Å². The van der Waals surface area contributed by atoms with E-state index in [0.717, 1.165) is 0 Å². The lowest BCUT2D eigenvalue weighted by Crippen LogP contribution is -2.18. The molecule has 0 radical (unpaired) electrons. The zero-order valence-electron chi connectivity index (χ0n) is 14.1. The van der Waals surface area contributed by atoms with Crippen LogP contribution in [0.1, 0.15) is 32.2 Å². The molecule has 0 fully saturated rings. The van der Waals surface area contributed by atoms with Crippen molar-refractivity contribution < 1.29 is 23.5 Å². The molecule has 0 spiro atoms. The zero-order valence-corrected chi connectivity index (χ0v) is 14.1. The summed E-state index contributed by atoms with van der Waals surface area (Å²) < 4.78 is 10.0. The molecule has 130 valence electrons. The van der Waals surface area contributed by atoms with Crippen molar-refractivity contribution in [1.82, 2.24) is 5.32 Å². The Bertz CT molecular complexity index is 836. The van der Waals surface area contributed by atoms with Crippen LogP contribution in [-0.4, -0.2) is 31.9 Å². The van der Waals surface area contributed by atoms with Crippen LogP contribution >= 0.6 is 0 Å². The Hall–Kier alpha value is -3.35. The molecule has 2 rings (SSSR count). The molecular formula is C18H18N2O5. The number of anilines is 1. The predicted octanol–water partition coefficient (Wildman–Crippen LogP) is 2.39. The second-order valence-electron chi connectivity index (χ2n) is 5.09. The summed E-state index contributed by atoms with van der Waals surface area (Å²) in [5.41, 5.74) is 1.23. The van der Waals surface area contributed by atoms with Gasteiger partial charge in [0.1, 0.15) is 17.1 Å². The number of ether oxygens (including phenoxy) is 1. The minimum absolute atomic E-state index is 0.243. The lowest BCUT2D eigenvalue weighted by atomic mass is 10.2. The number of hydrogen-bond acceptors (Lipinski definition) is 5. The Kier molecular flexibility index (Phi) is 5.73. The highest BCUT2D eigenvalue weighted by atomic mass is 16.5. The molecular weight excluding hydrogens is 324 g/mol. The van der Waals surface area contributed by atoms with Crippen LogP contribution in [0.2, 0.25) is 0 Å². The molecule has 0 atom stereocenters. The molecule has 0 aliphatic rings. The minimum Gasteiger partial charge on any atom is -0.465 e. The fourth-order valence-electron chi connectivity index (χ4n) is 2.12. The minimum atomic E-state index is -0.503. The summed E-state index contributed by atoms with van der Waals surface area (Å²) in [6.07, 6.45) is 2.71. The van der Waals surface area contributed by atoms with Gasteiger partial charge in [-0.3, -0.25) is 9.59 Å². The summed E-state index contributed by atoms with van der Waals surface area (Å²) >= 11 is 0. The quantitative estimate of drug-likeness (QED) is 0.642. The molecule has 2 aromatic rings. The van der Waals surface area contributed by atoms with Gasteiger partial charge in [0.25, 0.3) is 5.91 Å². The highest BCUT2D eigenvalue weighted by Gasteiger charge is 2.14. The number of benzene rings is 1. The van der Waals surface area contributed by atoms with Gasteiger partial charge in [0.05, 0.1) is 7.11 Å². The van der Waals surface area contributed by atoms with Crippen molar-refractivity contribution in [1.29, 1.82) is 0 Å². The van der Waals surface area contributed by atoms with E-state index in [-0.39, 0.29) is 5.91 Å². The molecule has 0 saturated heterocycles. The highest BCUT2D eigenvalue weighted by Crippen LogP contribution is 2.17. The van der Waals surface area contributed by atoms with Gasteiger partial charge in [0.15, 0.2) is 0 Å². The Balaban J connectivity index is 2.06. The number of carbonyl (C=O) groups is 3. The maximum atomic E-state index is 12.0. The first-order chi connectivity index (χ1) is 11.9. The summed E-state index contributed by atoms with van der Waals surface area (Å²) in [5, 5.41) is 5.16. The topological polar surface area (TPSA) is 97.6 Å². The summed E-state index contributed by atoms with van der Waals surface area (Å²) in [4.78, 5) is 35.1. The number of carbonyl (C=O) groups excluding carboxylic acids is 3. The van der Waals surface area contributed by atoms with Crippen molar-refractivity contribution in [3.05, 3.63) is 59.1 Å². The largest absolute Gasteiger partial charge is 0.465 e. The fourth-order valence-corrected chi connectivity index (χ4v) is 2.12. The molecule has 2 amide bonds. The van der Waals surface area contributed by atoms with Crippen LogP contribution in [0.3, 0.4) is 0 Å². The van der Waals surface area contributed by atoms with Gasteiger partial charge in [-0.05, 0) is 37.3 Å². The number of aryl methyl sites for hydroxylation is 1. The van der Waals surface area contributed by atoms with E-state index < -0.39 is 11.9 Å². The molecule has 0 bridgehead atoms. The maximum Gasteiger partial charge on any atom is 0.341 e. The number of nitrogens with one attached hydrogen (secondary N) is 2. The zero-order chi connectivity index (χ0) is 18.4. The van der Waals surface area contributed by atoms with E-state index in [0.29, 0.717) is 28.3 Å². The lowest BCUT2D eigenvalue weighted by Gasteiger charge is -2.04. The first kappa shape index (κ1) is 18.0. The molecule has 0 saturated carbocycles. The first-order valence-corrected chi connectivity index (χ1v) is 7.44. The Labute approximate surface area is 144 Å². The SMILES string of the molecule is CNC(=O)c1cccc(NC(=O)/C=C/c2cc(C(=O)OC)c(C)o2)c1. The molecule has 0 aliphatic carbocycles. The van der Waals surface area contributed by atoms with Gasteiger partial charge in [-0.25, -0.2) is 4.79 Å². The molecule has 2 N–H and O–H groups in total. The van der Waals surface area contributed by atoms with E-state index >= 15 is 0 Å². The van der Waals surface area contributed by atoms with Gasteiger partial charge in [-0.1, -0.05) is 6.07 Å². The van der Waals surface area contributed by atoms with Crippen LogP contribution in [0, 0.1) is 6.92 Å². The molecule has 1 aromatic heterocycles. The van der Waals surface area contributed by atoms with Gasteiger partial charge in [-0.15, -0.1) is 0 Å². The highest BCUT2D eigenvalue weighted by molar-refractivity contribution is 6.03. The van der Waals surface area contributed by atoms with E-state index in [1.165, 1.54) is 32.4 Å². The van der Waals surface area contributed by atoms with E-state index in [1.807, 2.05) is 0 Å². The van der Waals surface area contributed by atoms with Gasteiger partial charge < -0.3 is 19.8 Å². The van der Waals surface area contributed by atoms with Gasteiger partial charge in [0.2, 0.25) is 5.91 Å². The molecule has 7 heteroatoms. The monoisotopic (exact) mass is 342 g/mol. The normalized spacial score (nSPS) is 10.5. The Morgan fingerprint density at radius 3 is 2.64 bits per heavy atom. The van der Waals surface area contributed by atoms with Crippen LogP contribution in [0.4, 0.5) is 5.69 Å². The average molecular weight is 342 g/mol. The molecule has 1 heterocycles. The van der Waals surface area contributed by atoms with Crippen LogP contribution in [0.5, 0.6) is 0 Å². The summed E-state index contributed by atoms with van der Waals surface area (Å²) in [6, 6.07) is 8.05. The van der Waals surface area contributed by atoms with Crippen molar-refractivity contribution in [2.75, 3.05) is 19.5 Å². The predicted molar refractivity (Wildman–Crippen MR) is 92.3 cm³/mol. The van der Waals surface area contributed by atoms with Crippen molar-refractivity contribution in [3.8, 4) is 0 Å². The van der Waals surface area contributed by atoms with Gasteiger partial charge in [-0.2, -0.15) is 0 Å². The Morgan fingerprint density at radius 2 is 1.96 bits per heavy atom. The third-order valence-corrected chi connectivity index (χ3v) is 3.36. The standard InChI is InChI=1S/C18H18N2O5/c1-11-15(18(23)24-3)10-14(25-11)7-8-16(21)20-13-6-4-5-12(9-13)17(22)19-2/h4-10H,1-3H3,(H,19,22)(H,20,21)/b8-7+. The summed E-state index contributed by atoms with van der Waals surface area (Å²) in [6.45, 7) is 1.63. The van der Waals surface area contributed by atoms with Crippen molar-refractivity contribution in [2.24, 2.45) is 0 Å². The number of amides is 2. The molecule has 7 nitrogen and oxygen atoms in total. The maximum absolute atomic E-state index is 12.0. The molecule has 1 aromatic carbocycles. The van der Waals surface area contributed by atoms with Crippen LogP contribution in [0.15, 0.2) is 40.8 Å². The van der Waals surface area contributed by atoms with Crippen molar-refractivity contribution >= 4 is 29.5 Å². The molecule has 25 heavy (non-hydrogen) atoms. The fraction of sp³-hybridized carbons (Fsp3) is 0.167. The van der Waals surface area contributed by atoms with Crippen LogP contribution < -0.4 is 10.6 Å². The summed E-state index contributed by atoms with van der Waals surface area (Å²) in [5.74, 6) is -0.385. The third-order valence-electron chi connectivity index (χ3n) is 3.36. The van der Waals surface area contributed by atoms with E-state index in [1.54, 1.807) is 31.2 Å². The van der Waals surface area contributed by atoms with Crippen molar-refractivity contribution in [3.63, 3.8) is 0 Å². The van der Waals surface area contributed by atoms with E-state index in [9.17, 15) is 14.4 Å². The molecule has 0 aliphatic heterocycles. The number of methoxy groups -OCH3 is 1. The van der Waals surface area contributed by atoms with E-state index in [2.05, 4.69) is 15.4 Å². The number of hydrogen-bond donors (Lipinski definition) is 2. The number of esters is 1. The average Bonchev–Trinajstić information content (AvgIpc) is 2.99. The molecule has 0 unspecified atom stereocenters. The lowest BCUT2D eigenvalue weighted by molar-refractivity contribution is -0.111. The smallest absolute Gasteiger partial charge is 0.341 e. The number of rotatable bonds is 5. The second-order valence-corrected chi connectivity index (χ2v) is 5.09. The van der Waals surface area contributed by atoms with Crippen LogP contribution in [0.25, 0.3) is 6.08 Å². The Morgan fingerprint density at radius 1 is 1.20 bits per heavy atom. The van der Waals surface area contributed by atoms with Crippen LogP contribution in [-0.2, 0) is 9.53 Å². The third kappa shape index (κ3) is 4.57. The van der Waals surface area contributed by atoms with Gasteiger partial charge in [0, 0.05) is 24.4 Å².